The smallest absolute Gasteiger partial charge is 0.253 e. The van der Waals surface area contributed by atoms with Gasteiger partial charge >= 0.3 is 0 Å². The van der Waals surface area contributed by atoms with Crippen LogP contribution in [0, 0.1) is 12.3 Å². The summed E-state index contributed by atoms with van der Waals surface area (Å²) in [6, 6.07) is 5.99. The molecule has 0 saturated carbocycles. The van der Waals surface area contributed by atoms with E-state index in [0.717, 1.165) is 17.8 Å². The molecule has 1 unspecified atom stereocenters. The first-order valence-corrected chi connectivity index (χ1v) is 6.91. The molecule has 1 aromatic rings. The number of amides is 1. The van der Waals surface area contributed by atoms with Gasteiger partial charge in [-0.2, -0.15) is 0 Å². The van der Waals surface area contributed by atoms with E-state index in [1.54, 1.807) is 0 Å². The number of hydrogen-bond donors (Lipinski definition) is 2. The fourth-order valence-electron chi connectivity index (χ4n) is 1.68. The van der Waals surface area contributed by atoms with Crippen molar-refractivity contribution in [3.8, 4) is 0 Å². The zero-order valence-electron chi connectivity index (χ0n) is 12.9. The molecule has 0 heterocycles. The van der Waals surface area contributed by atoms with Crippen LogP contribution in [0.15, 0.2) is 18.2 Å². The number of hydrogen-bond acceptors (Lipinski definition) is 2. The van der Waals surface area contributed by atoms with Gasteiger partial charge in [-0.25, -0.2) is 0 Å². The maximum absolute atomic E-state index is 12.4. The van der Waals surface area contributed by atoms with Gasteiger partial charge in [0.2, 0.25) is 0 Å². The summed E-state index contributed by atoms with van der Waals surface area (Å²) in [6.07, 6.45) is 0. The Morgan fingerprint density at radius 2 is 1.95 bits per heavy atom. The van der Waals surface area contributed by atoms with Gasteiger partial charge in [-0.1, -0.05) is 26.8 Å². The summed E-state index contributed by atoms with van der Waals surface area (Å²) in [5.41, 5.74) is 2.82. The largest absolute Gasteiger partial charge is 0.385 e. The predicted molar refractivity (Wildman–Crippen MR) is 81.7 cm³/mol. The highest BCUT2D eigenvalue weighted by molar-refractivity contribution is 5.99. The number of benzene rings is 1. The number of rotatable bonds is 4. The summed E-state index contributed by atoms with van der Waals surface area (Å²) < 4.78 is 0. The van der Waals surface area contributed by atoms with Gasteiger partial charge in [0.15, 0.2) is 0 Å². The van der Waals surface area contributed by atoms with Crippen LogP contribution in [0.4, 0.5) is 5.69 Å². The lowest BCUT2D eigenvalue weighted by atomic mass is 9.88. The first kappa shape index (κ1) is 15.5. The Hall–Kier alpha value is -1.51. The van der Waals surface area contributed by atoms with E-state index in [1.807, 2.05) is 39.0 Å². The molecule has 0 aliphatic rings. The average Bonchev–Trinajstić information content (AvgIpc) is 2.28. The highest BCUT2D eigenvalue weighted by Crippen LogP contribution is 2.21. The molecule has 1 atom stereocenters. The molecule has 19 heavy (non-hydrogen) atoms. The van der Waals surface area contributed by atoms with Gasteiger partial charge in [0.05, 0.1) is 5.56 Å². The van der Waals surface area contributed by atoms with Crippen molar-refractivity contribution in [3.63, 3.8) is 0 Å². The normalized spacial score (nSPS) is 12.9. The Bertz CT molecular complexity index is 447. The molecule has 3 heteroatoms. The Labute approximate surface area is 116 Å². The van der Waals surface area contributed by atoms with Crippen LogP contribution >= 0.6 is 0 Å². The van der Waals surface area contributed by atoms with Crippen molar-refractivity contribution in [2.24, 2.45) is 5.41 Å². The lowest BCUT2D eigenvalue weighted by Crippen LogP contribution is -2.41. The standard InChI is InChI=1S/C16H26N2O/c1-7-17-14-10-11(2)8-9-13(14)15(19)18-12(3)16(4,5)6/h8-10,12,17H,7H2,1-6H3,(H,18,19). The maximum Gasteiger partial charge on any atom is 0.253 e. The van der Waals surface area contributed by atoms with Gasteiger partial charge in [-0.3, -0.25) is 4.79 Å². The molecule has 2 N–H and O–H groups in total. The van der Waals surface area contributed by atoms with E-state index in [9.17, 15) is 4.79 Å². The SMILES string of the molecule is CCNc1cc(C)ccc1C(=O)NC(C)C(C)(C)C. The number of carbonyl (C=O) groups excluding carboxylic acids is 1. The highest BCUT2D eigenvalue weighted by atomic mass is 16.1. The van der Waals surface area contributed by atoms with Gasteiger partial charge in [-0.15, -0.1) is 0 Å². The fourth-order valence-corrected chi connectivity index (χ4v) is 1.68. The van der Waals surface area contributed by atoms with E-state index in [-0.39, 0.29) is 17.4 Å². The maximum atomic E-state index is 12.4. The summed E-state index contributed by atoms with van der Waals surface area (Å²) in [5.74, 6) is -0.0154. The van der Waals surface area contributed by atoms with E-state index in [0.29, 0.717) is 5.56 Å². The van der Waals surface area contributed by atoms with E-state index < -0.39 is 0 Å². The monoisotopic (exact) mass is 262 g/mol. The first-order valence-electron chi connectivity index (χ1n) is 6.91. The fraction of sp³-hybridized carbons (Fsp3) is 0.562. The molecule has 0 aliphatic heterocycles. The summed E-state index contributed by atoms with van der Waals surface area (Å²) >= 11 is 0. The minimum absolute atomic E-state index is 0.0154. The van der Waals surface area contributed by atoms with E-state index in [2.05, 4.69) is 31.4 Å². The number of anilines is 1. The molecule has 0 saturated heterocycles. The van der Waals surface area contributed by atoms with Crippen LogP contribution in [0.25, 0.3) is 0 Å². The zero-order valence-corrected chi connectivity index (χ0v) is 12.9. The lowest BCUT2D eigenvalue weighted by molar-refractivity contribution is 0.0911. The molecule has 106 valence electrons. The van der Waals surface area contributed by atoms with Crippen LogP contribution in [0.3, 0.4) is 0 Å². The molecular formula is C16H26N2O. The third-order valence-corrected chi connectivity index (χ3v) is 3.43. The lowest BCUT2D eigenvalue weighted by Gasteiger charge is -2.28. The quantitative estimate of drug-likeness (QED) is 0.870. The second-order valence-corrected chi connectivity index (χ2v) is 6.14. The molecular weight excluding hydrogens is 236 g/mol. The minimum atomic E-state index is -0.0154. The van der Waals surface area contributed by atoms with Gasteiger partial charge in [0.1, 0.15) is 0 Å². The van der Waals surface area contributed by atoms with Crippen molar-refractivity contribution in [1.82, 2.24) is 5.32 Å². The summed E-state index contributed by atoms with van der Waals surface area (Å²) in [6.45, 7) is 13.3. The topological polar surface area (TPSA) is 41.1 Å². The molecule has 0 bridgehead atoms. The third kappa shape index (κ3) is 4.27. The summed E-state index contributed by atoms with van der Waals surface area (Å²) in [5, 5.41) is 6.32. The van der Waals surface area contributed by atoms with Crippen LogP contribution < -0.4 is 10.6 Å². The molecule has 0 spiro atoms. The Morgan fingerprint density at radius 1 is 1.32 bits per heavy atom. The van der Waals surface area contributed by atoms with E-state index >= 15 is 0 Å². The van der Waals surface area contributed by atoms with Crippen molar-refractivity contribution in [3.05, 3.63) is 29.3 Å². The van der Waals surface area contributed by atoms with Crippen molar-refractivity contribution in [1.29, 1.82) is 0 Å². The molecule has 3 nitrogen and oxygen atoms in total. The van der Waals surface area contributed by atoms with Crippen LogP contribution in [0.1, 0.15) is 50.5 Å². The van der Waals surface area contributed by atoms with Gasteiger partial charge in [0.25, 0.3) is 5.91 Å². The van der Waals surface area contributed by atoms with Crippen molar-refractivity contribution in [2.45, 2.75) is 47.6 Å². The zero-order chi connectivity index (χ0) is 14.6. The summed E-state index contributed by atoms with van der Waals surface area (Å²) in [7, 11) is 0. The predicted octanol–water partition coefficient (Wildman–Crippen LogP) is 3.59. The van der Waals surface area contributed by atoms with Gasteiger partial charge in [0, 0.05) is 18.3 Å². The molecule has 1 aromatic carbocycles. The third-order valence-electron chi connectivity index (χ3n) is 3.43. The second kappa shape index (κ2) is 6.09. The molecule has 1 amide bonds. The van der Waals surface area contributed by atoms with Gasteiger partial charge in [-0.05, 0) is 43.9 Å². The average molecular weight is 262 g/mol. The van der Waals surface area contributed by atoms with Crippen molar-refractivity contribution < 1.29 is 4.79 Å². The summed E-state index contributed by atoms with van der Waals surface area (Å²) in [4.78, 5) is 12.4. The Balaban J connectivity index is 2.93. The first-order chi connectivity index (χ1) is 8.75. The number of carbonyl (C=O) groups is 1. The molecule has 0 aromatic heterocycles. The highest BCUT2D eigenvalue weighted by Gasteiger charge is 2.23. The van der Waals surface area contributed by atoms with Crippen LogP contribution in [0.5, 0.6) is 0 Å². The van der Waals surface area contributed by atoms with Crippen LogP contribution in [0.2, 0.25) is 0 Å². The van der Waals surface area contributed by atoms with Crippen molar-refractivity contribution in [2.75, 3.05) is 11.9 Å². The molecule has 0 aliphatic carbocycles. The van der Waals surface area contributed by atoms with E-state index in [4.69, 9.17) is 0 Å². The van der Waals surface area contributed by atoms with E-state index in [1.165, 1.54) is 0 Å². The van der Waals surface area contributed by atoms with Gasteiger partial charge < -0.3 is 10.6 Å². The molecule has 1 rings (SSSR count). The van der Waals surface area contributed by atoms with Crippen molar-refractivity contribution >= 4 is 11.6 Å². The Kier molecular flexibility index (Phi) is 4.98. The van der Waals surface area contributed by atoms with Crippen LogP contribution in [-0.2, 0) is 0 Å². The molecule has 0 radical (unpaired) electrons. The number of nitrogens with one attached hydrogen (secondary N) is 2. The molecule has 0 fully saturated rings. The Morgan fingerprint density at radius 3 is 2.47 bits per heavy atom. The number of aryl methyl sites for hydroxylation is 1. The minimum Gasteiger partial charge on any atom is -0.385 e. The van der Waals surface area contributed by atoms with Crippen LogP contribution in [-0.4, -0.2) is 18.5 Å². The second-order valence-electron chi connectivity index (χ2n) is 6.14.